The molecule has 116 valence electrons. The van der Waals surface area contributed by atoms with Crippen LogP contribution >= 0.6 is 0 Å². The molecule has 0 aromatic heterocycles. The van der Waals surface area contributed by atoms with Crippen molar-refractivity contribution in [3.8, 4) is 0 Å². The van der Waals surface area contributed by atoms with Crippen LogP contribution < -0.4 is 0 Å². The first-order chi connectivity index (χ1) is 11.1. The van der Waals surface area contributed by atoms with Crippen LogP contribution in [0.2, 0.25) is 0 Å². The highest BCUT2D eigenvalue weighted by Crippen LogP contribution is 2.31. The molecule has 0 saturated carbocycles. The molecular weight excluding hydrogens is 290 g/mol. The predicted octanol–water partition coefficient (Wildman–Crippen LogP) is 2.63. The lowest BCUT2D eigenvalue weighted by molar-refractivity contribution is -0.134. The molecule has 0 N–H and O–H groups in total. The summed E-state index contributed by atoms with van der Waals surface area (Å²) in [5.41, 5.74) is 1.12. The van der Waals surface area contributed by atoms with Crippen LogP contribution in [0.15, 0.2) is 42.5 Å². The highest BCUT2D eigenvalue weighted by Gasteiger charge is 2.33. The van der Waals surface area contributed by atoms with Gasteiger partial charge in [0.25, 0.3) is 0 Å². The first-order valence-corrected chi connectivity index (χ1v) is 7.64. The van der Waals surface area contributed by atoms with Crippen LogP contribution in [0.25, 0.3) is 16.3 Å². The molecule has 1 fully saturated rings. The quantitative estimate of drug-likeness (QED) is 0.802. The molecule has 1 atom stereocenters. The van der Waals surface area contributed by atoms with E-state index in [0.29, 0.717) is 18.5 Å². The van der Waals surface area contributed by atoms with Crippen LogP contribution in [-0.4, -0.2) is 35.1 Å². The summed E-state index contributed by atoms with van der Waals surface area (Å²) in [7, 11) is 0. The zero-order valence-corrected chi connectivity index (χ0v) is 12.9. The Morgan fingerprint density at radius 3 is 2.65 bits per heavy atom. The first kappa shape index (κ1) is 15.2. The average molecular weight is 307 g/mol. The molecule has 1 aliphatic rings. The van der Waals surface area contributed by atoms with Gasteiger partial charge in [-0.2, -0.15) is 0 Å². The number of carbonyl (C=O) groups is 2. The van der Waals surface area contributed by atoms with Crippen LogP contribution in [0.3, 0.4) is 0 Å². The van der Waals surface area contributed by atoms with Gasteiger partial charge in [0.2, 0.25) is 5.91 Å². The highest BCUT2D eigenvalue weighted by atomic mass is 16.2. The number of nitrogens with zero attached hydrogens (tertiary/aromatic N) is 1. The monoisotopic (exact) mass is 307 g/mol. The van der Waals surface area contributed by atoms with Gasteiger partial charge in [-0.3, -0.25) is 9.59 Å². The van der Waals surface area contributed by atoms with Crippen molar-refractivity contribution in [1.29, 1.82) is 0 Å². The predicted molar refractivity (Wildman–Crippen MR) is 88.5 cm³/mol. The maximum Gasteiger partial charge on any atom is 0.220 e. The summed E-state index contributed by atoms with van der Waals surface area (Å²) in [6, 6.07) is 12.9. The second-order valence-electron chi connectivity index (χ2n) is 5.76. The first-order valence-electron chi connectivity index (χ1n) is 7.64. The van der Waals surface area contributed by atoms with E-state index >= 15 is 0 Å². The number of piperidine rings is 1. The van der Waals surface area contributed by atoms with Crippen LogP contribution in [0, 0.1) is 0 Å². The fourth-order valence-electron chi connectivity index (χ4n) is 3.23. The zero-order chi connectivity index (χ0) is 16.4. The summed E-state index contributed by atoms with van der Waals surface area (Å²) in [6.07, 6.45) is 0.519. The molecule has 2 aromatic carbocycles. The number of benzene rings is 2. The summed E-state index contributed by atoms with van der Waals surface area (Å²) >= 11 is 0. The molecule has 0 radical (unpaired) electrons. The molecule has 1 saturated heterocycles. The Hall–Kier alpha value is -2.71. The van der Waals surface area contributed by atoms with Crippen molar-refractivity contribution in [1.82, 2.24) is 4.90 Å². The molecule has 0 spiro atoms. The number of carbonyl (C=O) groups excluding carboxylic acids is 3. The lowest BCUT2D eigenvalue weighted by Crippen LogP contribution is -2.46. The Balaban J connectivity index is 2.12. The highest BCUT2D eigenvalue weighted by molar-refractivity contribution is 6.04. The van der Waals surface area contributed by atoms with Gasteiger partial charge in [-0.05, 0) is 16.3 Å². The van der Waals surface area contributed by atoms with Crippen molar-refractivity contribution in [3.63, 3.8) is 0 Å². The van der Waals surface area contributed by atoms with Crippen LogP contribution in [-0.2, 0) is 14.4 Å². The third kappa shape index (κ3) is 2.81. The fourth-order valence-corrected chi connectivity index (χ4v) is 3.23. The average Bonchev–Trinajstić information content (AvgIpc) is 2.55. The Morgan fingerprint density at radius 1 is 1.17 bits per heavy atom. The van der Waals surface area contributed by atoms with E-state index in [9.17, 15) is 14.4 Å². The minimum Gasteiger partial charge on any atom is -0.334 e. The van der Waals surface area contributed by atoms with E-state index in [1.165, 1.54) is 6.92 Å². The number of fused-ring (bicyclic) bond motifs is 1. The van der Waals surface area contributed by atoms with Gasteiger partial charge < -0.3 is 4.90 Å². The molecule has 0 aliphatic carbocycles. The molecule has 1 amide bonds. The van der Waals surface area contributed by atoms with Crippen LogP contribution in [0.1, 0.15) is 25.3 Å². The normalized spacial score (nSPS) is 17.9. The molecule has 1 heterocycles. The van der Waals surface area contributed by atoms with Gasteiger partial charge in [0.15, 0.2) is 0 Å². The number of Topliss-reactive ketones (excluding diaryl/α,β-unsaturated/α-hetero) is 1. The lowest BCUT2D eigenvalue weighted by atomic mass is 9.88. The van der Waals surface area contributed by atoms with E-state index in [1.807, 2.05) is 48.4 Å². The van der Waals surface area contributed by atoms with Gasteiger partial charge >= 0.3 is 0 Å². The maximum absolute atomic E-state index is 11.9. The summed E-state index contributed by atoms with van der Waals surface area (Å²) in [4.78, 5) is 37.1. The molecule has 4 heteroatoms. The molecule has 1 aliphatic heterocycles. The van der Waals surface area contributed by atoms with Gasteiger partial charge in [0.05, 0.1) is 11.6 Å². The Kier molecular flexibility index (Phi) is 4.09. The Morgan fingerprint density at radius 2 is 1.91 bits per heavy atom. The van der Waals surface area contributed by atoms with E-state index in [0.717, 1.165) is 16.3 Å². The molecule has 3 rings (SSSR count). The zero-order valence-electron chi connectivity index (χ0n) is 12.9. The minimum atomic E-state index is -0.531. The minimum absolute atomic E-state index is 0.0699. The van der Waals surface area contributed by atoms with Crippen molar-refractivity contribution in [2.24, 2.45) is 0 Å². The maximum atomic E-state index is 11.9. The van der Waals surface area contributed by atoms with Crippen molar-refractivity contribution in [3.05, 3.63) is 48.0 Å². The molecule has 4 nitrogen and oxygen atoms in total. The fraction of sp³-hybridized carbons (Fsp3) is 0.263. The third-order valence-corrected chi connectivity index (χ3v) is 4.36. The molecule has 0 bridgehead atoms. The standard InChI is InChI=1S/C19H17NO3/c1-13(22)20-10-9-15(23)11-19(20)18(12-21)17-8-4-6-14-5-2-3-7-16(14)17/h2-8,19H,9-11H2,1H3. The number of hydrogen-bond acceptors (Lipinski definition) is 3. The van der Waals surface area contributed by atoms with E-state index in [2.05, 4.69) is 0 Å². The number of rotatable bonds is 2. The van der Waals surface area contributed by atoms with Crippen molar-refractivity contribution in [2.45, 2.75) is 25.8 Å². The Bertz CT molecular complexity index is 828. The number of amides is 1. The second-order valence-corrected chi connectivity index (χ2v) is 5.76. The molecule has 1 unspecified atom stereocenters. The SMILES string of the molecule is CC(=O)N1CCC(=O)CC1C(=C=O)c1cccc2ccccc12. The van der Waals surface area contributed by atoms with Crippen LogP contribution in [0.4, 0.5) is 0 Å². The second kappa shape index (κ2) is 6.19. The van der Waals surface area contributed by atoms with Gasteiger partial charge in [-0.25, -0.2) is 4.79 Å². The van der Waals surface area contributed by atoms with E-state index in [-0.39, 0.29) is 18.1 Å². The largest absolute Gasteiger partial charge is 0.334 e. The molecular formula is C19H17NO3. The summed E-state index contributed by atoms with van der Waals surface area (Å²) < 4.78 is 0. The van der Waals surface area contributed by atoms with Gasteiger partial charge in [0, 0.05) is 26.3 Å². The van der Waals surface area contributed by atoms with Crippen LogP contribution in [0.5, 0.6) is 0 Å². The topological polar surface area (TPSA) is 54.5 Å². The van der Waals surface area contributed by atoms with Gasteiger partial charge in [-0.1, -0.05) is 42.5 Å². The number of hydrogen-bond donors (Lipinski definition) is 0. The van der Waals surface area contributed by atoms with Gasteiger partial charge in [-0.15, -0.1) is 0 Å². The van der Waals surface area contributed by atoms with Gasteiger partial charge in [0.1, 0.15) is 11.7 Å². The molecule has 23 heavy (non-hydrogen) atoms. The third-order valence-electron chi connectivity index (χ3n) is 4.36. The van der Waals surface area contributed by atoms with Crippen molar-refractivity contribution in [2.75, 3.05) is 6.54 Å². The molecule has 2 aromatic rings. The number of ketones is 1. The summed E-state index contributed by atoms with van der Waals surface area (Å²) in [5, 5.41) is 1.93. The smallest absolute Gasteiger partial charge is 0.220 e. The summed E-state index contributed by atoms with van der Waals surface area (Å²) in [5.74, 6) is 1.95. The van der Waals surface area contributed by atoms with E-state index in [1.54, 1.807) is 4.90 Å². The number of likely N-dealkylation sites (tertiary alicyclic amines) is 1. The van der Waals surface area contributed by atoms with E-state index in [4.69, 9.17) is 0 Å². The van der Waals surface area contributed by atoms with Crippen molar-refractivity contribution >= 4 is 34.0 Å². The van der Waals surface area contributed by atoms with E-state index < -0.39 is 6.04 Å². The summed E-state index contributed by atoms with van der Waals surface area (Å²) in [6.45, 7) is 1.82. The lowest BCUT2D eigenvalue weighted by Gasteiger charge is -2.35. The van der Waals surface area contributed by atoms with Crippen molar-refractivity contribution < 1.29 is 14.4 Å². The Labute approximate surface area is 134 Å².